The lowest BCUT2D eigenvalue weighted by Gasteiger charge is -2.14. The molecule has 0 aliphatic carbocycles. The fraction of sp³-hybridized carbons (Fsp3) is 0.417. The predicted octanol–water partition coefficient (Wildman–Crippen LogP) is 3.52. The zero-order valence-electron chi connectivity index (χ0n) is 9.63. The second-order valence-corrected chi connectivity index (χ2v) is 4.35. The molecule has 1 unspecified atom stereocenters. The molecule has 0 bridgehead atoms. The smallest absolute Gasteiger partial charge is 0.201 e. The number of H-pyrrole nitrogens is 1. The van der Waals surface area contributed by atoms with Gasteiger partial charge in [-0.05, 0) is 31.0 Å². The largest absolute Gasteiger partial charge is 0.353 e. The third kappa shape index (κ3) is 2.88. The van der Waals surface area contributed by atoms with Crippen molar-refractivity contribution in [1.29, 1.82) is 0 Å². The molecule has 0 aliphatic rings. The first kappa shape index (κ1) is 12.2. The molecule has 5 heteroatoms. The zero-order valence-corrected chi connectivity index (χ0v) is 10.4. The Morgan fingerprint density at radius 2 is 2.35 bits per heavy atom. The molecule has 2 rings (SSSR count). The normalized spacial score (nSPS) is 12.9. The van der Waals surface area contributed by atoms with Gasteiger partial charge in [0, 0.05) is 11.9 Å². The minimum atomic E-state index is -0.263. The maximum Gasteiger partial charge on any atom is 0.201 e. The van der Waals surface area contributed by atoms with Crippen molar-refractivity contribution in [3.8, 4) is 0 Å². The number of hydrogen-bond donors (Lipinski definition) is 2. The number of nitrogens with one attached hydrogen (secondary N) is 2. The van der Waals surface area contributed by atoms with Crippen molar-refractivity contribution in [3.05, 3.63) is 24.0 Å². The van der Waals surface area contributed by atoms with Crippen LogP contribution in [0.15, 0.2) is 18.2 Å². The van der Waals surface area contributed by atoms with Gasteiger partial charge in [-0.3, -0.25) is 0 Å². The monoisotopic (exact) mass is 255 g/mol. The van der Waals surface area contributed by atoms with Gasteiger partial charge in [0.25, 0.3) is 0 Å². The number of nitrogens with zero attached hydrogens (tertiary/aromatic N) is 1. The van der Waals surface area contributed by atoms with E-state index in [1.165, 1.54) is 12.1 Å². The highest BCUT2D eigenvalue weighted by Gasteiger charge is 2.08. The van der Waals surface area contributed by atoms with Gasteiger partial charge in [0.2, 0.25) is 5.95 Å². The van der Waals surface area contributed by atoms with E-state index in [4.69, 9.17) is 11.6 Å². The molecule has 1 aromatic heterocycles. The molecule has 0 saturated carbocycles. The summed E-state index contributed by atoms with van der Waals surface area (Å²) in [5.74, 6) is 1.02. The van der Waals surface area contributed by atoms with Crippen LogP contribution in [0.2, 0.25) is 0 Å². The topological polar surface area (TPSA) is 40.7 Å². The van der Waals surface area contributed by atoms with E-state index in [2.05, 4.69) is 22.2 Å². The molecular formula is C12H15ClFN3. The molecule has 1 atom stereocenters. The Bertz CT molecular complexity index is 497. The fourth-order valence-electron chi connectivity index (χ4n) is 1.75. The van der Waals surface area contributed by atoms with Crippen LogP contribution >= 0.6 is 11.6 Å². The van der Waals surface area contributed by atoms with Gasteiger partial charge in [0.05, 0.1) is 11.0 Å². The second kappa shape index (κ2) is 5.36. The van der Waals surface area contributed by atoms with Crippen molar-refractivity contribution in [3.63, 3.8) is 0 Å². The zero-order chi connectivity index (χ0) is 12.3. The molecule has 0 spiro atoms. The van der Waals surface area contributed by atoms with Crippen LogP contribution in [0.1, 0.15) is 19.8 Å². The van der Waals surface area contributed by atoms with Gasteiger partial charge in [-0.15, -0.1) is 11.6 Å². The molecule has 2 aromatic rings. The maximum atomic E-state index is 13.0. The summed E-state index contributed by atoms with van der Waals surface area (Å²) >= 11 is 5.72. The quantitative estimate of drug-likeness (QED) is 0.803. The molecular weight excluding hydrogens is 241 g/mol. The first-order valence-corrected chi connectivity index (χ1v) is 6.24. The third-order valence-electron chi connectivity index (χ3n) is 2.74. The first-order chi connectivity index (χ1) is 8.22. The van der Waals surface area contributed by atoms with Crippen LogP contribution in [-0.2, 0) is 0 Å². The van der Waals surface area contributed by atoms with Crippen LogP contribution in [-0.4, -0.2) is 21.9 Å². The molecule has 0 aliphatic heterocycles. The summed E-state index contributed by atoms with van der Waals surface area (Å²) in [4.78, 5) is 7.40. The molecule has 0 saturated heterocycles. The molecule has 92 valence electrons. The summed E-state index contributed by atoms with van der Waals surface area (Å²) in [7, 11) is 0. The van der Waals surface area contributed by atoms with Gasteiger partial charge in [-0.25, -0.2) is 9.37 Å². The average Bonchev–Trinajstić information content (AvgIpc) is 2.69. The fourth-order valence-corrected chi connectivity index (χ4v) is 2.02. The van der Waals surface area contributed by atoms with Crippen LogP contribution < -0.4 is 5.32 Å². The Morgan fingerprint density at radius 1 is 1.53 bits per heavy atom. The van der Waals surface area contributed by atoms with Gasteiger partial charge in [0.15, 0.2) is 0 Å². The number of hydrogen-bond acceptors (Lipinski definition) is 2. The first-order valence-electron chi connectivity index (χ1n) is 5.70. The number of imidazole rings is 1. The lowest BCUT2D eigenvalue weighted by Crippen LogP contribution is -2.19. The number of aromatic amines is 1. The van der Waals surface area contributed by atoms with Gasteiger partial charge >= 0.3 is 0 Å². The molecule has 0 amide bonds. The van der Waals surface area contributed by atoms with Gasteiger partial charge in [0.1, 0.15) is 5.82 Å². The number of benzene rings is 1. The highest BCUT2D eigenvalue weighted by molar-refractivity contribution is 6.17. The number of halogens is 2. The number of fused-ring (bicyclic) bond motifs is 1. The second-order valence-electron chi connectivity index (χ2n) is 3.97. The number of anilines is 1. The van der Waals surface area contributed by atoms with E-state index in [9.17, 15) is 4.39 Å². The molecule has 0 fully saturated rings. The standard InChI is InChI=1S/C12H15ClFN3/c1-2-9(5-6-13)15-12-16-10-4-3-8(14)7-11(10)17-12/h3-4,7,9H,2,5-6H2,1H3,(H2,15,16,17). The Labute approximate surface area is 104 Å². The van der Waals surface area contributed by atoms with Crippen LogP contribution in [0.25, 0.3) is 11.0 Å². The lowest BCUT2D eigenvalue weighted by atomic mass is 10.2. The average molecular weight is 256 g/mol. The Hall–Kier alpha value is -1.29. The highest BCUT2D eigenvalue weighted by atomic mass is 35.5. The van der Waals surface area contributed by atoms with Crippen molar-refractivity contribution in [2.24, 2.45) is 0 Å². The number of aromatic nitrogens is 2. The number of rotatable bonds is 5. The summed E-state index contributed by atoms with van der Waals surface area (Å²) in [5, 5.41) is 3.26. The third-order valence-corrected chi connectivity index (χ3v) is 2.95. The minimum Gasteiger partial charge on any atom is -0.353 e. The molecule has 0 radical (unpaired) electrons. The van der Waals surface area contributed by atoms with E-state index in [-0.39, 0.29) is 11.9 Å². The van der Waals surface area contributed by atoms with E-state index in [0.717, 1.165) is 18.4 Å². The van der Waals surface area contributed by atoms with Crippen molar-refractivity contribution < 1.29 is 4.39 Å². The van der Waals surface area contributed by atoms with Crippen molar-refractivity contribution in [2.45, 2.75) is 25.8 Å². The van der Waals surface area contributed by atoms with E-state index in [1.54, 1.807) is 6.07 Å². The molecule has 2 N–H and O–H groups in total. The Kier molecular flexibility index (Phi) is 3.84. The van der Waals surface area contributed by atoms with Crippen LogP contribution in [0.3, 0.4) is 0 Å². The summed E-state index contributed by atoms with van der Waals surface area (Å²) in [6, 6.07) is 4.80. The van der Waals surface area contributed by atoms with Crippen molar-refractivity contribution in [1.82, 2.24) is 9.97 Å². The molecule has 1 aromatic carbocycles. The van der Waals surface area contributed by atoms with Gasteiger partial charge in [-0.2, -0.15) is 0 Å². The Balaban J connectivity index is 2.18. The number of alkyl halides is 1. The van der Waals surface area contributed by atoms with Crippen LogP contribution in [0, 0.1) is 5.82 Å². The SMILES string of the molecule is CCC(CCCl)Nc1nc2ccc(F)cc2[nH]1. The van der Waals surface area contributed by atoms with Crippen LogP contribution in [0.5, 0.6) is 0 Å². The highest BCUT2D eigenvalue weighted by Crippen LogP contribution is 2.17. The van der Waals surface area contributed by atoms with Crippen LogP contribution in [0.4, 0.5) is 10.3 Å². The summed E-state index contributed by atoms with van der Waals surface area (Å²) < 4.78 is 13.0. The molecule has 1 heterocycles. The van der Waals surface area contributed by atoms with E-state index in [1.807, 2.05) is 0 Å². The van der Waals surface area contributed by atoms with E-state index in [0.29, 0.717) is 17.3 Å². The predicted molar refractivity (Wildman–Crippen MR) is 69.1 cm³/mol. The lowest BCUT2D eigenvalue weighted by molar-refractivity contribution is 0.629. The Morgan fingerprint density at radius 3 is 3.06 bits per heavy atom. The summed E-state index contributed by atoms with van der Waals surface area (Å²) in [6.07, 6.45) is 1.85. The van der Waals surface area contributed by atoms with E-state index < -0.39 is 0 Å². The maximum absolute atomic E-state index is 13.0. The summed E-state index contributed by atoms with van der Waals surface area (Å²) in [6.45, 7) is 2.09. The molecule has 3 nitrogen and oxygen atoms in total. The van der Waals surface area contributed by atoms with Crippen molar-refractivity contribution in [2.75, 3.05) is 11.2 Å². The summed E-state index contributed by atoms with van der Waals surface area (Å²) in [5.41, 5.74) is 1.46. The van der Waals surface area contributed by atoms with Crippen molar-refractivity contribution >= 4 is 28.6 Å². The minimum absolute atomic E-state index is 0.263. The van der Waals surface area contributed by atoms with E-state index >= 15 is 0 Å². The molecule has 17 heavy (non-hydrogen) atoms. The van der Waals surface area contributed by atoms with Gasteiger partial charge in [-0.1, -0.05) is 6.92 Å². The van der Waals surface area contributed by atoms with Gasteiger partial charge < -0.3 is 10.3 Å².